The van der Waals surface area contributed by atoms with Gasteiger partial charge in [-0.3, -0.25) is 14.6 Å². The first kappa shape index (κ1) is 23.7. The number of aryl methyl sites for hydroxylation is 1. The van der Waals surface area contributed by atoms with Crippen molar-refractivity contribution >= 4 is 16.8 Å². The topological polar surface area (TPSA) is 120 Å². The second-order valence-electron chi connectivity index (χ2n) is 8.54. The number of aromatic nitrogens is 3. The molecule has 1 saturated heterocycles. The minimum absolute atomic E-state index is 0.0155. The molecule has 4 heterocycles. The van der Waals surface area contributed by atoms with Crippen molar-refractivity contribution in [2.24, 2.45) is 5.73 Å². The van der Waals surface area contributed by atoms with E-state index in [-0.39, 0.29) is 23.6 Å². The van der Waals surface area contributed by atoms with Gasteiger partial charge in [-0.2, -0.15) is 13.2 Å². The maximum absolute atomic E-state index is 13.9. The van der Waals surface area contributed by atoms with E-state index < -0.39 is 41.4 Å². The summed E-state index contributed by atoms with van der Waals surface area (Å²) in [4.78, 5) is 35.9. The summed E-state index contributed by atoms with van der Waals surface area (Å²) in [6, 6.07) is 6.14. The number of carbonyl (C=O) groups excluding carboxylic acids is 1. The van der Waals surface area contributed by atoms with E-state index >= 15 is 0 Å². The van der Waals surface area contributed by atoms with E-state index in [0.717, 1.165) is 6.92 Å². The summed E-state index contributed by atoms with van der Waals surface area (Å²) in [5, 5.41) is 0.0155. The first-order chi connectivity index (χ1) is 15.9. The third-order valence-corrected chi connectivity index (χ3v) is 6.29. The normalized spacial score (nSPS) is 23.1. The molecule has 0 spiro atoms. The van der Waals surface area contributed by atoms with Crippen molar-refractivity contribution in [3.8, 4) is 5.88 Å². The van der Waals surface area contributed by atoms with Gasteiger partial charge < -0.3 is 20.2 Å². The number of nitrogens with zero attached hydrogens (tertiary/aromatic N) is 2. The summed E-state index contributed by atoms with van der Waals surface area (Å²) in [5.74, 6) is -2.05. The summed E-state index contributed by atoms with van der Waals surface area (Å²) in [6.45, 7) is 2.45. The second-order valence-corrected chi connectivity index (χ2v) is 8.54. The van der Waals surface area contributed by atoms with Crippen LogP contribution in [-0.4, -0.2) is 46.4 Å². The predicted molar refractivity (Wildman–Crippen MR) is 117 cm³/mol. The molecule has 1 fully saturated rings. The van der Waals surface area contributed by atoms with E-state index in [2.05, 4.69) is 15.0 Å². The van der Waals surface area contributed by atoms with Crippen molar-refractivity contribution in [3.63, 3.8) is 0 Å². The molecule has 11 heteroatoms. The van der Waals surface area contributed by atoms with Gasteiger partial charge in [-0.15, -0.1) is 0 Å². The Morgan fingerprint density at radius 3 is 2.68 bits per heavy atom. The molecule has 8 nitrogen and oxygen atoms in total. The van der Waals surface area contributed by atoms with Gasteiger partial charge >= 0.3 is 6.18 Å². The van der Waals surface area contributed by atoms with Gasteiger partial charge in [0.05, 0.1) is 24.6 Å². The Morgan fingerprint density at radius 2 is 2.03 bits per heavy atom. The van der Waals surface area contributed by atoms with Crippen LogP contribution in [0.2, 0.25) is 0 Å². The first-order valence-electron chi connectivity index (χ1n) is 10.5. The van der Waals surface area contributed by atoms with Gasteiger partial charge in [-0.05, 0) is 32.4 Å². The van der Waals surface area contributed by atoms with Crippen molar-refractivity contribution in [2.75, 3.05) is 13.7 Å². The zero-order valence-corrected chi connectivity index (χ0v) is 18.7. The lowest BCUT2D eigenvalue weighted by Gasteiger charge is -2.43. The molecule has 0 radical (unpaired) electrons. The average Bonchev–Trinajstić information content (AvgIpc) is 2.77. The Hall–Kier alpha value is -3.47. The highest BCUT2D eigenvalue weighted by molar-refractivity contribution is 6.03. The van der Waals surface area contributed by atoms with Gasteiger partial charge in [0, 0.05) is 41.1 Å². The zero-order valence-electron chi connectivity index (χ0n) is 18.7. The molecule has 3 N–H and O–H groups in total. The van der Waals surface area contributed by atoms with Gasteiger partial charge in [-0.1, -0.05) is 6.07 Å². The molecule has 1 amide bonds. The number of nitrogens with two attached hydrogens (primary N) is 1. The number of nitrogens with one attached hydrogen (secondary N) is 1. The molecule has 1 aliphatic rings. The molecule has 3 atom stereocenters. The average molecular weight is 476 g/mol. The fourth-order valence-electron chi connectivity index (χ4n) is 4.44. The van der Waals surface area contributed by atoms with Gasteiger partial charge in [0.25, 0.3) is 5.91 Å². The molecule has 180 valence electrons. The number of hydrogen-bond acceptors (Lipinski definition) is 6. The Labute approximate surface area is 192 Å². The van der Waals surface area contributed by atoms with Crippen molar-refractivity contribution < 1.29 is 27.4 Å². The number of rotatable bonds is 4. The van der Waals surface area contributed by atoms with Crippen LogP contribution >= 0.6 is 0 Å². The molecule has 3 aromatic rings. The van der Waals surface area contributed by atoms with E-state index in [1.54, 1.807) is 19.1 Å². The smallest absolute Gasteiger partial charge is 0.417 e. The Morgan fingerprint density at radius 1 is 1.29 bits per heavy atom. The van der Waals surface area contributed by atoms with Gasteiger partial charge in [0.15, 0.2) is 11.0 Å². The molecule has 0 bridgehead atoms. The maximum Gasteiger partial charge on any atom is 0.417 e. The van der Waals surface area contributed by atoms with Crippen LogP contribution in [-0.2, 0) is 4.74 Å². The van der Waals surface area contributed by atoms with Crippen LogP contribution in [0.3, 0.4) is 0 Å². The zero-order chi connectivity index (χ0) is 24.8. The fraction of sp³-hybridized carbons (Fsp3) is 0.391. The Balaban J connectivity index is 1.88. The minimum Gasteiger partial charge on any atom is -0.481 e. The molecule has 3 aromatic heterocycles. The van der Waals surface area contributed by atoms with Crippen LogP contribution < -0.4 is 15.9 Å². The lowest BCUT2D eigenvalue weighted by molar-refractivity contribution is -0.286. The number of hydrogen-bond donors (Lipinski definition) is 2. The lowest BCUT2D eigenvalue weighted by Crippen LogP contribution is -2.51. The number of amides is 1. The number of carbonyl (C=O) groups is 1. The van der Waals surface area contributed by atoms with Crippen LogP contribution in [0.4, 0.5) is 13.2 Å². The van der Waals surface area contributed by atoms with Crippen LogP contribution in [0.25, 0.3) is 10.9 Å². The predicted octanol–water partition coefficient (Wildman–Crippen LogP) is 3.34. The number of primary amides is 1. The van der Waals surface area contributed by atoms with Crippen LogP contribution in [0.1, 0.15) is 52.6 Å². The van der Waals surface area contributed by atoms with E-state index in [1.165, 1.54) is 25.4 Å². The van der Waals surface area contributed by atoms with Crippen molar-refractivity contribution in [3.05, 3.63) is 63.3 Å². The summed E-state index contributed by atoms with van der Waals surface area (Å²) < 4.78 is 52.5. The van der Waals surface area contributed by atoms with Crippen LogP contribution in [0, 0.1) is 6.92 Å². The second kappa shape index (κ2) is 8.39. The van der Waals surface area contributed by atoms with E-state index in [1.807, 2.05) is 0 Å². The molecule has 34 heavy (non-hydrogen) atoms. The number of pyridine rings is 3. The highest BCUT2D eigenvalue weighted by atomic mass is 19.4. The number of halogens is 3. The lowest BCUT2D eigenvalue weighted by atomic mass is 9.74. The van der Waals surface area contributed by atoms with Crippen molar-refractivity contribution in [1.29, 1.82) is 0 Å². The quantitative estimate of drug-likeness (QED) is 0.596. The SMILES string of the molecule is COc1nc(C)ccc1[C@@H]1C[C@](C)(C(F)(F)F)OC[C@H]1c1cc(=O)c2c(C(N)=O)nccc2[nH]1. The number of H-pyrrole nitrogens is 1. The minimum atomic E-state index is -4.61. The number of ether oxygens (including phenoxy) is 2. The third kappa shape index (κ3) is 4.00. The number of aromatic amines is 1. The Kier molecular flexibility index (Phi) is 5.84. The van der Waals surface area contributed by atoms with E-state index in [9.17, 15) is 22.8 Å². The number of methoxy groups -OCH3 is 1. The molecule has 0 aromatic carbocycles. The molecule has 0 unspecified atom stereocenters. The standard InChI is InChI=1S/C23H23F3N4O4/c1-11-4-5-12(21(29-11)33-3)13-9-22(2,23(24,25)26)34-10-14(13)16-8-17(31)18-15(30-16)6-7-28-19(18)20(27)32/h4-8,13-14H,9-10H2,1-3H3,(H2,27,32)(H,30,31)/t13-,14+,22+/m0/s1. The Bertz CT molecular complexity index is 1320. The van der Waals surface area contributed by atoms with Crippen LogP contribution in [0.15, 0.2) is 35.3 Å². The van der Waals surface area contributed by atoms with Gasteiger partial charge in [-0.25, -0.2) is 4.98 Å². The van der Waals surface area contributed by atoms with Gasteiger partial charge in [0.1, 0.15) is 5.69 Å². The monoisotopic (exact) mass is 476 g/mol. The van der Waals surface area contributed by atoms with Crippen molar-refractivity contribution in [1.82, 2.24) is 15.0 Å². The van der Waals surface area contributed by atoms with E-state index in [0.29, 0.717) is 22.5 Å². The summed E-state index contributed by atoms with van der Waals surface area (Å²) in [5.41, 5.74) is 4.01. The highest BCUT2D eigenvalue weighted by Gasteiger charge is 2.57. The largest absolute Gasteiger partial charge is 0.481 e. The summed E-state index contributed by atoms with van der Waals surface area (Å²) in [6.07, 6.45) is -3.70. The maximum atomic E-state index is 13.9. The summed E-state index contributed by atoms with van der Waals surface area (Å²) >= 11 is 0. The van der Waals surface area contributed by atoms with Gasteiger partial charge in [0.2, 0.25) is 5.88 Å². The first-order valence-corrected chi connectivity index (χ1v) is 10.5. The molecular weight excluding hydrogens is 453 g/mol. The summed E-state index contributed by atoms with van der Waals surface area (Å²) in [7, 11) is 1.40. The molecule has 0 saturated carbocycles. The molecule has 4 rings (SSSR count). The number of alkyl halides is 3. The molecule has 0 aliphatic carbocycles. The fourth-order valence-corrected chi connectivity index (χ4v) is 4.44. The third-order valence-electron chi connectivity index (χ3n) is 6.29. The highest BCUT2D eigenvalue weighted by Crippen LogP contribution is 2.51. The van der Waals surface area contributed by atoms with Crippen LogP contribution in [0.5, 0.6) is 5.88 Å². The number of fused-ring (bicyclic) bond motifs is 1. The van der Waals surface area contributed by atoms with Crippen molar-refractivity contribution in [2.45, 2.75) is 43.9 Å². The molecular formula is C23H23F3N4O4. The molecule has 1 aliphatic heterocycles. The van der Waals surface area contributed by atoms with E-state index in [4.69, 9.17) is 15.2 Å².